The monoisotopic (exact) mass is 420 g/mol. The third-order valence-corrected chi connectivity index (χ3v) is 6.34. The molecule has 0 atom stereocenters. The normalized spacial score (nSPS) is 11.8. The van der Waals surface area contributed by atoms with E-state index < -0.39 is 14.9 Å². The Bertz CT molecular complexity index is 1090. The molecule has 10 heteroatoms. The van der Waals surface area contributed by atoms with Gasteiger partial charge in [0.2, 0.25) is 10.0 Å². The van der Waals surface area contributed by atoms with E-state index in [1.165, 1.54) is 23.5 Å². The number of benzene rings is 2. The van der Waals surface area contributed by atoms with E-state index in [4.69, 9.17) is 0 Å². The molecule has 0 saturated heterocycles. The Balaban J connectivity index is 1.63. The number of hydrogen-bond donors (Lipinski definition) is 2. The van der Waals surface area contributed by atoms with E-state index in [0.29, 0.717) is 22.8 Å². The zero-order chi connectivity index (χ0) is 20.3. The number of thiazole rings is 1. The molecule has 1 heterocycles. The van der Waals surface area contributed by atoms with Gasteiger partial charge >= 0.3 is 0 Å². The fourth-order valence-electron chi connectivity index (χ4n) is 2.65. The van der Waals surface area contributed by atoms with Gasteiger partial charge in [-0.2, -0.15) is 0 Å². The van der Waals surface area contributed by atoms with Gasteiger partial charge in [0, 0.05) is 24.7 Å². The first-order valence-corrected chi connectivity index (χ1v) is 11.1. The van der Waals surface area contributed by atoms with Crippen LogP contribution in [0.3, 0.4) is 0 Å². The van der Waals surface area contributed by atoms with Gasteiger partial charge in [0.1, 0.15) is 0 Å². The quantitative estimate of drug-likeness (QED) is 0.425. The SMILES string of the molecule is CC(C)NS(=O)(=O)Cc1ccc(CNc2nc3ccc([N+](=O)[O-])cc3s2)cc1. The number of non-ortho nitro benzene ring substituents is 1. The number of nitrogens with zero attached hydrogens (tertiary/aromatic N) is 2. The minimum atomic E-state index is -3.35. The number of rotatable bonds is 8. The predicted molar refractivity (Wildman–Crippen MR) is 111 cm³/mol. The number of anilines is 1. The molecule has 0 fully saturated rings. The molecular formula is C18H20N4O4S2. The van der Waals surface area contributed by atoms with E-state index in [0.717, 1.165) is 10.3 Å². The molecule has 3 rings (SSSR count). The maximum atomic E-state index is 12.0. The molecule has 0 radical (unpaired) electrons. The summed E-state index contributed by atoms with van der Waals surface area (Å²) >= 11 is 1.35. The number of nitrogens with one attached hydrogen (secondary N) is 2. The third kappa shape index (κ3) is 5.24. The van der Waals surface area contributed by atoms with E-state index in [9.17, 15) is 18.5 Å². The van der Waals surface area contributed by atoms with Crippen LogP contribution in [0, 0.1) is 10.1 Å². The van der Waals surface area contributed by atoms with Gasteiger partial charge in [0.15, 0.2) is 5.13 Å². The van der Waals surface area contributed by atoms with Crippen molar-refractivity contribution in [2.45, 2.75) is 32.2 Å². The van der Waals surface area contributed by atoms with Crippen LogP contribution < -0.4 is 10.0 Å². The van der Waals surface area contributed by atoms with Crippen molar-refractivity contribution in [3.05, 3.63) is 63.7 Å². The summed E-state index contributed by atoms with van der Waals surface area (Å²) in [7, 11) is -3.35. The van der Waals surface area contributed by atoms with Gasteiger partial charge < -0.3 is 5.32 Å². The third-order valence-electron chi connectivity index (χ3n) is 3.82. The van der Waals surface area contributed by atoms with Gasteiger partial charge in [-0.05, 0) is 31.0 Å². The molecule has 0 aliphatic carbocycles. The molecule has 0 aliphatic rings. The number of sulfonamides is 1. The minimum Gasteiger partial charge on any atom is -0.357 e. The Morgan fingerprint density at radius 2 is 1.82 bits per heavy atom. The second kappa shape index (κ2) is 8.21. The summed E-state index contributed by atoms with van der Waals surface area (Å²) in [6.45, 7) is 4.08. The highest BCUT2D eigenvalue weighted by atomic mass is 32.2. The molecule has 3 aromatic rings. The first-order valence-electron chi connectivity index (χ1n) is 8.58. The lowest BCUT2D eigenvalue weighted by Crippen LogP contribution is -2.31. The highest BCUT2D eigenvalue weighted by molar-refractivity contribution is 7.88. The molecule has 0 unspecified atom stereocenters. The van der Waals surface area contributed by atoms with E-state index in [1.54, 1.807) is 32.0 Å². The molecule has 8 nitrogen and oxygen atoms in total. The van der Waals surface area contributed by atoms with Gasteiger partial charge in [-0.3, -0.25) is 10.1 Å². The molecule has 0 saturated carbocycles. The lowest BCUT2D eigenvalue weighted by molar-refractivity contribution is -0.384. The Kier molecular flexibility index (Phi) is 5.92. The van der Waals surface area contributed by atoms with E-state index in [1.807, 2.05) is 12.1 Å². The van der Waals surface area contributed by atoms with Crippen molar-refractivity contribution in [1.29, 1.82) is 0 Å². The Hall–Kier alpha value is -2.56. The highest BCUT2D eigenvalue weighted by Crippen LogP contribution is 2.29. The topological polar surface area (TPSA) is 114 Å². The molecular weight excluding hydrogens is 400 g/mol. The number of hydrogen-bond acceptors (Lipinski definition) is 7. The maximum absolute atomic E-state index is 12.0. The summed E-state index contributed by atoms with van der Waals surface area (Å²) in [5.41, 5.74) is 2.43. The fraction of sp³-hybridized carbons (Fsp3) is 0.278. The molecule has 1 aromatic heterocycles. The fourth-order valence-corrected chi connectivity index (χ4v) is 4.98. The van der Waals surface area contributed by atoms with E-state index in [2.05, 4.69) is 15.0 Å². The molecule has 0 aliphatic heterocycles. The second-order valence-corrected chi connectivity index (χ2v) is 9.41. The molecule has 2 N–H and O–H groups in total. The number of aromatic nitrogens is 1. The maximum Gasteiger partial charge on any atom is 0.270 e. The van der Waals surface area contributed by atoms with Gasteiger partial charge in [0.05, 0.1) is 20.9 Å². The average molecular weight is 421 g/mol. The second-order valence-electron chi connectivity index (χ2n) is 6.63. The van der Waals surface area contributed by atoms with Crippen molar-refractivity contribution in [1.82, 2.24) is 9.71 Å². The van der Waals surface area contributed by atoms with Crippen LogP contribution in [0.5, 0.6) is 0 Å². The van der Waals surface area contributed by atoms with Crippen molar-refractivity contribution < 1.29 is 13.3 Å². The Morgan fingerprint density at radius 3 is 2.46 bits per heavy atom. The van der Waals surface area contributed by atoms with Gasteiger partial charge in [-0.15, -0.1) is 0 Å². The Labute approximate surface area is 166 Å². The van der Waals surface area contributed by atoms with Crippen LogP contribution in [0.25, 0.3) is 10.2 Å². The summed E-state index contributed by atoms with van der Waals surface area (Å²) in [5, 5.41) is 14.7. The lowest BCUT2D eigenvalue weighted by Gasteiger charge is -2.10. The number of nitro groups is 1. The van der Waals surface area contributed by atoms with Crippen LogP contribution in [0.1, 0.15) is 25.0 Å². The van der Waals surface area contributed by atoms with Crippen molar-refractivity contribution in [3.8, 4) is 0 Å². The molecule has 0 amide bonds. The van der Waals surface area contributed by atoms with Gasteiger partial charge in [0.25, 0.3) is 5.69 Å². The molecule has 2 aromatic carbocycles. The van der Waals surface area contributed by atoms with Crippen LogP contribution in [0.15, 0.2) is 42.5 Å². The van der Waals surface area contributed by atoms with Crippen molar-refractivity contribution in [3.63, 3.8) is 0 Å². The number of nitro benzene ring substituents is 1. The minimum absolute atomic E-state index is 0.0418. The molecule has 148 valence electrons. The summed E-state index contributed by atoms with van der Waals surface area (Å²) in [4.78, 5) is 14.9. The zero-order valence-corrected chi connectivity index (χ0v) is 17.0. The van der Waals surface area contributed by atoms with Crippen LogP contribution in [-0.2, 0) is 22.3 Å². The predicted octanol–water partition coefficient (Wildman–Crippen LogP) is 3.64. The van der Waals surface area contributed by atoms with Crippen LogP contribution in [0.2, 0.25) is 0 Å². The first-order chi connectivity index (χ1) is 13.2. The van der Waals surface area contributed by atoms with Crippen LogP contribution in [0.4, 0.5) is 10.8 Å². The average Bonchev–Trinajstić information content (AvgIpc) is 3.01. The summed E-state index contributed by atoms with van der Waals surface area (Å²) in [6, 6.07) is 11.8. The van der Waals surface area contributed by atoms with Gasteiger partial charge in [-0.1, -0.05) is 35.6 Å². The largest absolute Gasteiger partial charge is 0.357 e. The van der Waals surface area contributed by atoms with Crippen molar-refractivity contribution in [2.24, 2.45) is 0 Å². The van der Waals surface area contributed by atoms with Gasteiger partial charge in [-0.25, -0.2) is 18.1 Å². The van der Waals surface area contributed by atoms with E-state index >= 15 is 0 Å². The summed E-state index contributed by atoms with van der Waals surface area (Å²) in [5.74, 6) is -0.0600. The highest BCUT2D eigenvalue weighted by Gasteiger charge is 2.13. The first kappa shape index (κ1) is 20.2. The molecule has 0 spiro atoms. The lowest BCUT2D eigenvalue weighted by atomic mass is 10.1. The summed E-state index contributed by atoms with van der Waals surface area (Å²) < 4.78 is 27.3. The van der Waals surface area contributed by atoms with Crippen molar-refractivity contribution in [2.75, 3.05) is 5.32 Å². The standard InChI is InChI=1S/C18H20N4O4S2/c1-12(2)21-28(25,26)11-14-5-3-13(4-6-14)10-19-18-20-16-8-7-15(22(23)24)9-17(16)27-18/h3-9,12,21H,10-11H2,1-2H3,(H,19,20). The number of fused-ring (bicyclic) bond motifs is 1. The van der Waals surface area contributed by atoms with Crippen molar-refractivity contribution >= 4 is 42.4 Å². The van der Waals surface area contributed by atoms with Crippen LogP contribution >= 0.6 is 11.3 Å². The Morgan fingerprint density at radius 1 is 1.14 bits per heavy atom. The van der Waals surface area contributed by atoms with Crippen LogP contribution in [-0.4, -0.2) is 24.4 Å². The zero-order valence-electron chi connectivity index (χ0n) is 15.4. The smallest absolute Gasteiger partial charge is 0.270 e. The molecule has 0 bridgehead atoms. The van der Waals surface area contributed by atoms with E-state index in [-0.39, 0.29) is 17.5 Å². The summed E-state index contributed by atoms with van der Waals surface area (Å²) in [6.07, 6.45) is 0. The molecule has 28 heavy (non-hydrogen) atoms.